The fourth-order valence-electron chi connectivity index (χ4n) is 2.95. The summed E-state index contributed by atoms with van der Waals surface area (Å²) in [6.07, 6.45) is 3.35. The van der Waals surface area contributed by atoms with Crippen LogP contribution in [0.1, 0.15) is 21.5 Å². The Labute approximate surface area is 186 Å². The van der Waals surface area contributed by atoms with E-state index in [0.29, 0.717) is 29.6 Å². The van der Waals surface area contributed by atoms with Gasteiger partial charge in [0.05, 0.1) is 7.11 Å². The van der Waals surface area contributed by atoms with Crippen LogP contribution in [-0.2, 0) is 6.54 Å². The van der Waals surface area contributed by atoms with Crippen molar-refractivity contribution in [3.05, 3.63) is 89.7 Å². The standard InChI is InChI=1S/C23H21N5O2.ClH/c1-16-8-10-17(11-9-16)14-25-23-26-21(19-6-4-12-24-15-19)27-28(23)22(29)18-5-3-7-20(13-18)30-2;/h3-13,15H,14H2,1-2H3,(H,25,26,27);1H. The zero-order chi connectivity index (χ0) is 20.9. The number of aryl methyl sites for hydroxylation is 1. The average Bonchev–Trinajstić information content (AvgIpc) is 3.23. The Morgan fingerprint density at radius 2 is 1.90 bits per heavy atom. The summed E-state index contributed by atoms with van der Waals surface area (Å²) in [4.78, 5) is 21.9. The molecule has 2 aromatic heterocycles. The van der Waals surface area contributed by atoms with Gasteiger partial charge in [0.2, 0.25) is 5.95 Å². The van der Waals surface area contributed by atoms with Gasteiger partial charge in [-0.15, -0.1) is 17.5 Å². The highest BCUT2D eigenvalue weighted by Gasteiger charge is 2.19. The summed E-state index contributed by atoms with van der Waals surface area (Å²) in [5, 5.41) is 7.69. The molecule has 0 saturated heterocycles. The summed E-state index contributed by atoms with van der Waals surface area (Å²) in [6, 6.07) is 18.8. The maximum Gasteiger partial charge on any atom is 0.281 e. The lowest BCUT2D eigenvalue weighted by molar-refractivity contribution is 0.0947. The number of nitrogens with zero attached hydrogens (tertiary/aromatic N) is 4. The second kappa shape index (κ2) is 9.86. The minimum atomic E-state index is -0.303. The molecule has 0 atom stereocenters. The SMILES string of the molecule is COc1cccc(C(=O)n2nc(-c3cccnc3)nc2NCc2ccc(C)cc2)c1.Cl. The Morgan fingerprint density at radius 1 is 1.10 bits per heavy atom. The van der Waals surface area contributed by atoms with Gasteiger partial charge in [-0.1, -0.05) is 35.9 Å². The van der Waals surface area contributed by atoms with Gasteiger partial charge in [-0.2, -0.15) is 9.67 Å². The predicted octanol–water partition coefficient (Wildman–Crippen LogP) is 4.38. The van der Waals surface area contributed by atoms with Crippen LogP contribution in [0.4, 0.5) is 5.95 Å². The van der Waals surface area contributed by atoms with Crippen LogP contribution in [0.3, 0.4) is 0 Å². The molecule has 0 unspecified atom stereocenters. The first kappa shape index (κ1) is 22.0. The molecule has 0 aliphatic carbocycles. The Bertz CT molecular complexity index is 1160. The zero-order valence-corrected chi connectivity index (χ0v) is 18.0. The number of halogens is 1. The first-order valence-electron chi connectivity index (χ1n) is 9.49. The molecule has 8 heteroatoms. The van der Waals surface area contributed by atoms with Gasteiger partial charge in [-0.05, 0) is 42.8 Å². The number of ether oxygens (including phenoxy) is 1. The van der Waals surface area contributed by atoms with E-state index in [2.05, 4.69) is 20.4 Å². The lowest BCUT2D eigenvalue weighted by Crippen LogP contribution is -2.17. The van der Waals surface area contributed by atoms with E-state index < -0.39 is 0 Å². The quantitative estimate of drug-likeness (QED) is 0.484. The van der Waals surface area contributed by atoms with E-state index in [-0.39, 0.29) is 18.3 Å². The normalized spacial score (nSPS) is 10.3. The topological polar surface area (TPSA) is 81.9 Å². The molecule has 2 heterocycles. The molecule has 0 aliphatic heterocycles. The molecule has 0 bridgehead atoms. The molecular formula is C23H22ClN5O2. The number of aromatic nitrogens is 4. The van der Waals surface area contributed by atoms with Gasteiger partial charge in [0.15, 0.2) is 5.82 Å². The fraction of sp³-hybridized carbons (Fsp3) is 0.130. The Morgan fingerprint density at radius 3 is 2.61 bits per heavy atom. The molecule has 0 fully saturated rings. The number of anilines is 1. The second-order valence-electron chi connectivity index (χ2n) is 6.79. The number of nitrogens with one attached hydrogen (secondary N) is 1. The van der Waals surface area contributed by atoms with Crippen molar-refractivity contribution >= 4 is 24.3 Å². The monoisotopic (exact) mass is 435 g/mol. The third-order valence-electron chi connectivity index (χ3n) is 4.61. The van der Waals surface area contributed by atoms with Crippen LogP contribution in [0.25, 0.3) is 11.4 Å². The van der Waals surface area contributed by atoms with Crippen molar-refractivity contribution in [1.82, 2.24) is 19.7 Å². The van der Waals surface area contributed by atoms with Crippen molar-refractivity contribution in [2.45, 2.75) is 13.5 Å². The maximum absolute atomic E-state index is 13.2. The largest absolute Gasteiger partial charge is 0.497 e. The van der Waals surface area contributed by atoms with Crippen LogP contribution in [0.5, 0.6) is 5.75 Å². The van der Waals surface area contributed by atoms with Crippen LogP contribution in [0.15, 0.2) is 73.1 Å². The number of benzene rings is 2. The molecule has 7 nitrogen and oxygen atoms in total. The van der Waals surface area contributed by atoms with Crippen LogP contribution in [-0.4, -0.2) is 32.8 Å². The van der Waals surface area contributed by atoms with E-state index in [4.69, 9.17) is 4.74 Å². The fourth-order valence-corrected chi connectivity index (χ4v) is 2.95. The highest BCUT2D eigenvalue weighted by atomic mass is 35.5. The molecule has 2 aromatic carbocycles. The van der Waals surface area contributed by atoms with E-state index in [1.54, 1.807) is 49.8 Å². The van der Waals surface area contributed by atoms with Gasteiger partial charge in [0.1, 0.15) is 5.75 Å². The van der Waals surface area contributed by atoms with Gasteiger partial charge in [-0.25, -0.2) is 0 Å². The molecular weight excluding hydrogens is 414 g/mol. The van der Waals surface area contributed by atoms with Gasteiger partial charge >= 0.3 is 0 Å². The van der Waals surface area contributed by atoms with Crippen molar-refractivity contribution in [1.29, 1.82) is 0 Å². The number of hydrogen-bond donors (Lipinski definition) is 1. The van der Waals surface area contributed by atoms with Crippen LogP contribution in [0, 0.1) is 6.92 Å². The molecule has 1 N–H and O–H groups in total. The minimum absolute atomic E-state index is 0. The summed E-state index contributed by atoms with van der Waals surface area (Å²) in [5.74, 6) is 1.08. The summed E-state index contributed by atoms with van der Waals surface area (Å²) < 4.78 is 6.52. The van der Waals surface area contributed by atoms with E-state index in [0.717, 1.165) is 11.1 Å². The van der Waals surface area contributed by atoms with Crippen LogP contribution < -0.4 is 10.1 Å². The number of carbonyl (C=O) groups is 1. The summed E-state index contributed by atoms with van der Waals surface area (Å²) in [5.41, 5.74) is 3.45. The Kier molecular flexibility index (Phi) is 6.99. The Hall–Kier alpha value is -3.71. The van der Waals surface area contributed by atoms with E-state index in [1.807, 2.05) is 37.3 Å². The molecule has 0 spiro atoms. The molecule has 4 rings (SSSR count). The average molecular weight is 436 g/mol. The maximum atomic E-state index is 13.2. The van der Waals surface area contributed by atoms with Crippen molar-refractivity contribution < 1.29 is 9.53 Å². The van der Waals surface area contributed by atoms with Crippen LogP contribution >= 0.6 is 12.4 Å². The van der Waals surface area contributed by atoms with Crippen molar-refractivity contribution in [3.63, 3.8) is 0 Å². The van der Waals surface area contributed by atoms with E-state index in [1.165, 1.54) is 10.2 Å². The van der Waals surface area contributed by atoms with Crippen molar-refractivity contribution in [2.75, 3.05) is 12.4 Å². The van der Waals surface area contributed by atoms with Gasteiger partial charge in [0, 0.05) is 30.1 Å². The first-order chi connectivity index (χ1) is 14.6. The number of carbonyl (C=O) groups excluding carboxylic acids is 1. The number of pyridine rings is 1. The number of rotatable bonds is 6. The zero-order valence-electron chi connectivity index (χ0n) is 17.1. The molecule has 31 heavy (non-hydrogen) atoms. The number of methoxy groups -OCH3 is 1. The lowest BCUT2D eigenvalue weighted by Gasteiger charge is -2.08. The third kappa shape index (κ3) is 5.07. The smallest absolute Gasteiger partial charge is 0.281 e. The third-order valence-corrected chi connectivity index (χ3v) is 4.61. The summed E-state index contributed by atoms with van der Waals surface area (Å²) in [6.45, 7) is 2.55. The van der Waals surface area contributed by atoms with Gasteiger partial charge < -0.3 is 10.1 Å². The second-order valence-corrected chi connectivity index (χ2v) is 6.79. The molecule has 0 radical (unpaired) electrons. The predicted molar refractivity (Wildman–Crippen MR) is 122 cm³/mol. The van der Waals surface area contributed by atoms with Crippen molar-refractivity contribution in [2.24, 2.45) is 0 Å². The molecule has 4 aromatic rings. The minimum Gasteiger partial charge on any atom is -0.497 e. The van der Waals surface area contributed by atoms with Crippen LogP contribution in [0.2, 0.25) is 0 Å². The Balaban J connectivity index is 0.00000272. The molecule has 0 saturated carbocycles. The van der Waals surface area contributed by atoms with E-state index in [9.17, 15) is 4.79 Å². The summed E-state index contributed by atoms with van der Waals surface area (Å²) in [7, 11) is 1.56. The van der Waals surface area contributed by atoms with Gasteiger partial charge in [0.25, 0.3) is 5.91 Å². The van der Waals surface area contributed by atoms with Crippen molar-refractivity contribution in [3.8, 4) is 17.1 Å². The lowest BCUT2D eigenvalue weighted by atomic mass is 10.1. The molecule has 0 amide bonds. The van der Waals surface area contributed by atoms with E-state index >= 15 is 0 Å². The molecule has 158 valence electrons. The summed E-state index contributed by atoms with van der Waals surface area (Å²) >= 11 is 0. The molecule has 0 aliphatic rings. The highest BCUT2D eigenvalue weighted by Crippen LogP contribution is 2.20. The van der Waals surface area contributed by atoms with Gasteiger partial charge in [-0.3, -0.25) is 9.78 Å². The first-order valence-corrected chi connectivity index (χ1v) is 9.49. The number of hydrogen-bond acceptors (Lipinski definition) is 6. The highest BCUT2D eigenvalue weighted by molar-refractivity contribution is 5.97.